The zero-order valence-corrected chi connectivity index (χ0v) is 10.7. The van der Waals surface area contributed by atoms with Gasteiger partial charge in [-0.05, 0) is 36.2 Å². The summed E-state index contributed by atoms with van der Waals surface area (Å²) in [7, 11) is 0. The molecule has 2 aromatic rings. The van der Waals surface area contributed by atoms with E-state index in [1.54, 1.807) is 17.5 Å². The van der Waals surface area contributed by atoms with Gasteiger partial charge in [-0.25, -0.2) is 4.98 Å². The first kappa shape index (κ1) is 11.9. The van der Waals surface area contributed by atoms with Gasteiger partial charge >= 0.3 is 0 Å². The molecule has 0 aliphatic rings. The third kappa shape index (κ3) is 3.17. The van der Waals surface area contributed by atoms with E-state index in [-0.39, 0.29) is 11.9 Å². The van der Waals surface area contributed by atoms with Crippen molar-refractivity contribution in [3.63, 3.8) is 0 Å². The summed E-state index contributed by atoms with van der Waals surface area (Å²) < 4.78 is 0. The summed E-state index contributed by atoms with van der Waals surface area (Å²) in [6.07, 6.45) is 2.18. The number of carbonyl (C=O) groups is 1. The fourth-order valence-corrected chi connectivity index (χ4v) is 2.26. The van der Waals surface area contributed by atoms with Crippen LogP contribution in [0.4, 0.5) is 0 Å². The SMILES string of the molecule is Cc1cnc(C(C)NC(=O)Cc2ccsc2)[nH]1. The van der Waals surface area contributed by atoms with Gasteiger partial charge in [-0.15, -0.1) is 0 Å². The van der Waals surface area contributed by atoms with Gasteiger partial charge in [0.25, 0.3) is 0 Å². The fourth-order valence-electron chi connectivity index (χ4n) is 1.59. The second kappa shape index (κ2) is 5.14. The third-order valence-corrected chi connectivity index (χ3v) is 3.19. The van der Waals surface area contributed by atoms with E-state index in [9.17, 15) is 4.79 Å². The maximum Gasteiger partial charge on any atom is 0.225 e. The van der Waals surface area contributed by atoms with E-state index in [2.05, 4.69) is 15.3 Å². The van der Waals surface area contributed by atoms with Crippen molar-refractivity contribution < 1.29 is 4.79 Å². The molecule has 2 N–H and O–H groups in total. The van der Waals surface area contributed by atoms with Crippen LogP contribution in [0.1, 0.15) is 30.0 Å². The Labute approximate surface area is 104 Å². The Morgan fingerprint density at radius 3 is 3.06 bits per heavy atom. The molecular weight excluding hydrogens is 234 g/mol. The molecule has 0 saturated heterocycles. The first-order valence-electron chi connectivity index (χ1n) is 5.47. The van der Waals surface area contributed by atoms with Crippen LogP contribution in [0.5, 0.6) is 0 Å². The molecule has 5 heteroatoms. The van der Waals surface area contributed by atoms with Crippen LogP contribution >= 0.6 is 11.3 Å². The number of nitrogens with zero attached hydrogens (tertiary/aromatic N) is 1. The van der Waals surface area contributed by atoms with E-state index in [0.29, 0.717) is 6.42 Å². The lowest BCUT2D eigenvalue weighted by atomic mass is 10.2. The van der Waals surface area contributed by atoms with Crippen molar-refractivity contribution in [1.82, 2.24) is 15.3 Å². The number of aromatic nitrogens is 2. The smallest absolute Gasteiger partial charge is 0.225 e. The molecule has 4 nitrogen and oxygen atoms in total. The zero-order chi connectivity index (χ0) is 12.3. The van der Waals surface area contributed by atoms with Crippen molar-refractivity contribution in [2.24, 2.45) is 0 Å². The zero-order valence-electron chi connectivity index (χ0n) is 9.86. The molecule has 1 atom stereocenters. The van der Waals surface area contributed by atoms with Gasteiger partial charge in [-0.2, -0.15) is 11.3 Å². The Hall–Kier alpha value is -1.62. The van der Waals surface area contributed by atoms with E-state index < -0.39 is 0 Å². The molecule has 0 bridgehead atoms. The highest BCUT2D eigenvalue weighted by molar-refractivity contribution is 7.07. The van der Waals surface area contributed by atoms with Crippen molar-refractivity contribution in [3.05, 3.63) is 40.1 Å². The number of hydrogen-bond donors (Lipinski definition) is 2. The van der Waals surface area contributed by atoms with E-state index in [4.69, 9.17) is 0 Å². The predicted molar refractivity (Wildman–Crippen MR) is 67.9 cm³/mol. The summed E-state index contributed by atoms with van der Waals surface area (Å²) in [5.74, 6) is 0.811. The van der Waals surface area contributed by atoms with E-state index >= 15 is 0 Å². The average Bonchev–Trinajstić information content (AvgIpc) is 2.89. The Morgan fingerprint density at radius 2 is 2.47 bits per heavy atom. The number of amides is 1. The van der Waals surface area contributed by atoms with Crippen LogP contribution < -0.4 is 5.32 Å². The van der Waals surface area contributed by atoms with Gasteiger partial charge in [0.15, 0.2) is 0 Å². The molecule has 0 radical (unpaired) electrons. The molecule has 1 unspecified atom stereocenters. The second-order valence-corrected chi connectivity index (χ2v) is 4.83. The molecule has 2 rings (SSSR count). The molecule has 0 spiro atoms. The number of H-pyrrole nitrogens is 1. The molecular formula is C12H15N3OS. The quantitative estimate of drug-likeness (QED) is 0.872. The van der Waals surface area contributed by atoms with Crippen LogP contribution in [0.15, 0.2) is 23.0 Å². The number of imidazole rings is 1. The third-order valence-electron chi connectivity index (χ3n) is 2.45. The monoisotopic (exact) mass is 249 g/mol. The normalized spacial score (nSPS) is 12.4. The van der Waals surface area contributed by atoms with E-state index in [0.717, 1.165) is 17.1 Å². The number of aromatic amines is 1. The largest absolute Gasteiger partial charge is 0.346 e. The topological polar surface area (TPSA) is 57.8 Å². The molecule has 0 aromatic carbocycles. The van der Waals surface area contributed by atoms with Crippen molar-refractivity contribution in [2.45, 2.75) is 26.3 Å². The van der Waals surface area contributed by atoms with Gasteiger partial charge in [-0.1, -0.05) is 0 Å². The average molecular weight is 249 g/mol. The van der Waals surface area contributed by atoms with Crippen molar-refractivity contribution in [3.8, 4) is 0 Å². The molecule has 0 fully saturated rings. The highest BCUT2D eigenvalue weighted by Crippen LogP contribution is 2.10. The molecule has 1 amide bonds. The summed E-state index contributed by atoms with van der Waals surface area (Å²) in [5.41, 5.74) is 2.05. The Kier molecular flexibility index (Phi) is 3.58. The van der Waals surface area contributed by atoms with Gasteiger partial charge in [-0.3, -0.25) is 4.79 Å². The second-order valence-electron chi connectivity index (χ2n) is 4.05. The van der Waals surface area contributed by atoms with Gasteiger partial charge in [0.2, 0.25) is 5.91 Å². The van der Waals surface area contributed by atoms with Crippen LogP contribution in [-0.2, 0) is 11.2 Å². The van der Waals surface area contributed by atoms with E-state index in [1.165, 1.54) is 0 Å². The lowest BCUT2D eigenvalue weighted by Gasteiger charge is -2.10. The summed E-state index contributed by atoms with van der Waals surface area (Å²) >= 11 is 1.60. The molecule has 0 saturated carbocycles. The predicted octanol–water partition coefficient (Wildman–Crippen LogP) is 2.20. The molecule has 2 heterocycles. The minimum absolute atomic E-state index is 0.0185. The van der Waals surface area contributed by atoms with Crippen LogP contribution in [-0.4, -0.2) is 15.9 Å². The maximum atomic E-state index is 11.8. The molecule has 0 aliphatic carbocycles. The number of rotatable bonds is 4. The summed E-state index contributed by atoms with van der Waals surface area (Å²) in [6.45, 7) is 3.86. The van der Waals surface area contributed by atoms with Crippen molar-refractivity contribution >= 4 is 17.2 Å². The van der Waals surface area contributed by atoms with Crippen molar-refractivity contribution in [1.29, 1.82) is 0 Å². The highest BCUT2D eigenvalue weighted by Gasteiger charge is 2.12. The molecule has 17 heavy (non-hydrogen) atoms. The minimum atomic E-state index is -0.0881. The summed E-state index contributed by atoms with van der Waals surface area (Å²) in [4.78, 5) is 19.1. The van der Waals surface area contributed by atoms with Gasteiger partial charge in [0.05, 0.1) is 12.5 Å². The number of aryl methyl sites for hydroxylation is 1. The molecule has 2 aromatic heterocycles. The van der Waals surface area contributed by atoms with Gasteiger partial charge in [0, 0.05) is 11.9 Å². The molecule has 90 valence electrons. The number of hydrogen-bond acceptors (Lipinski definition) is 3. The molecule has 0 aliphatic heterocycles. The fraction of sp³-hybridized carbons (Fsp3) is 0.333. The summed E-state index contributed by atoms with van der Waals surface area (Å²) in [5, 5.41) is 6.88. The Bertz CT molecular complexity index is 490. The summed E-state index contributed by atoms with van der Waals surface area (Å²) in [6, 6.07) is 1.88. The highest BCUT2D eigenvalue weighted by atomic mass is 32.1. The van der Waals surface area contributed by atoms with E-state index in [1.807, 2.05) is 30.7 Å². The van der Waals surface area contributed by atoms with Crippen LogP contribution in [0, 0.1) is 6.92 Å². The first-order valence-corrected chi connectivity index (χ1v) is 6.41. The lowest BCUT2D eigenvalue weighted by molar-refractivity contribution is -0.121. The minimum Gasteiger partial charge on any atom is -0.346 e. The number of nitrogens with one attached hydrogen (secondary N) is 2. The standard InChI is InChI=1S/C12H15N3OS/c1-8-6-13-12(14-8)9(2)15-11(16)5-10-3-4-17-7-10/h3-4,6-7,9H,5H2,1-2H3,(H,13,14)(H,15,16). The van der Waals surface area contributed by atoms with Gasteiger partial charge in [0.1, 0.15) is 5.82 Å². The maximum absolute atomic E-state index is 11.8. The van der Waals surface area contributed by atoms with Crippen LogP contribution in [0.25, 0.3) is 0 Å². The number of thiophene rings is 1. The Morgan fingerprint density at radius 1 is 1.65 bits per heavy atom. The van der Waals surface area contributed by atoms with Gasteiger partial charge < -0.3 is 10.3 Å². The van der Waals surface area contributed by atoms with Crippen molar-refractivity contribution in [2.75, 3.05) is 0 Å². The first-order chi connectivity index (χ1) is 8.15. The Balaban J connectivity index is 1.90. The lowest BCUT2D eigenvalue weighted by Crippen LogP contribution is -2.28. The number of carbonyl (C=O) groups excluding carboxylic acids is 1. The van der Waals surface area contributed by atoms with Crippen LogP contribution in [0.2, 0.25) is 0 Å². The van der Waals surface area contributed by atoms with Crippen LogP contribution in [0.3, 0.4) is 0 Å².